The Morgan fingerprint density at radius 1 is 1.44 bits per heavy atom. The van der Waals surface area contributed by atoms with Gasteiger partial charge in [-0.05, 0) is 31.9 Å². The number of hydrogen-bond acceptors (Lipinski definition) is 2. The Morgan fingerprint density at radius 3 is 2.94 bits per heavy atom. The van der Waals surface area contributed by atoms with E-state index in [1.54, 1.807) is 0 Å². The molecule has 1 heterocycles. The van der Waals surface area contributed by atoms with E-state index in [0.29, 0.717) is 12.0 Å². The summed E-state index contributed by atoms with van der Waals surface area (Å²) in [6.45, 7) is 6.79. The highest BCUT2D eigenvalue weighted by molar-refractivity contribution is 5.77. The van der Waals surface area contributed by atoms with Crippen LogP contribution in [0.5, 0.6) is 0 Å². The van der Waals surface area contributed by atoms with E-state index in [1.165, 1.54) is 11.3 Å². The monoisotopic (exact) mass is 246 g/mol. The van der Waals surface area contributed by atoms with Crippen LogP contribution in [0.3, 0.4) is 0 Å². The minimum absolute atomic E-state index is 0.435. The van der Waals surface area contributed by atoms with E-state index in [2.05, 4.69) is 46.4 Å². The van der Waals surface area contributed by atoms with Gasteiger partial charge in [0.2, 0.25) is 0 Å². The van der Waals surface area contributed by atoms with Gasteiger partial charge in [0, 0.05) is 18.8 Å². The Labute approximate surface area is 109 Å². The van der Waals surface area contributed by atoms with Crippen LogP contribution in [0, 0.1) is 0 Å². The third kappa shape index (κ3) is 2.58. The molecular weight excluding hydrogens is 224 g/mol. The van der Waals surface area contributed by atoms with E-state index in [1.807, 2.05) is 6.92 Å². The maximum atomic E-state index is 5.77. The lowest BCUT2D eigenvalue weighted by atomic mass is 10.1. The number of likely N-dealkylation sites (N-methyl/N-ethyl adjacent to an activating group) is 1. The van der Waals surface area contributed by atoms with Crippen molar-refractivity contribution in [2.45, 2.75) is 26.3 Å². The number of anilines is 1. The number of aliphatic imine (C=N–C) groups is 1. The molecule has 0 saturated heterocycles. The second kappa shape index (κ2) is 5.76. The van der Waals surface area contributed by atoms with Crippen molar-refractivity contribution in [3.8, 4) is 0 Å². The predicted molar refractivity (Wildman–Crippen MR) is 77.1 cm³/mol. The fraction of sp³-hybridized carbons (Fsp3) is 0.500. The van der Waals surface area contributed by atoms with Crippen LogP contribution < -0.4 is 16.0 Å². The average molecular weight is 246 g/mol. The number of fused-ring (bicyclic) bond motifs is 1. The molecule has 2 rings (SSSR count). The third-order valence-corrected chi connectivity index (χ3v) is 3.37. The molecule has 0 bridgehead atoms. The quantitative estimate of drug-likeness (QED) is 0.623. The molecule has 1 aromatic rings. The van der Waals surface area contributed by atoms with Crippen molar-refractivity contribution in [2.24, 2.45) is 10.7 Å². The van der Waals surface area contributed by atoms with Gasteiger partial charge in [-0.1, -0.05) is 18.2 Å². The second-order valence-corrected chi connectivity index (χ2v) is 4.53. The lowest BCUT2D eigenvalue weighted by Crippen LogP contribution is -2.37. The summed E-state index contributed by atoms with van der Waals surface area (Å²) in [6, 6.07) is 9.03. The van der Waals surface area contributed by atoms with Gasteiger partial charge in [0.1, 0.15) is 0 Å². The van der Waals surface area contributed by atoms with Crippen LogP contribution in [0.15, 0.2) is 29.3 Å². The molecule has 3 N–H and O–H groups in total. The number of guanidine groups is 1. The smallest absolute Gasteiger partial charge is 0.188 e. The van der Waals surface area contributed by atoms with Gasteiger partial charge in [0.25, 0.3) is 0 Å². The predicted octanol–water partition coefficient (Wildman–Crippen LogP) is 1.36. The summed E-state index contributed by atoms with van der Waals surface area (Å²) in [5, 5.41) is 3.03. The van der Waals surface area contributed by atoms with Crippen molar-refractivity contribution in [3.63, 3.8) is 0 Å². The largest absolute Gasteiger partial charge is 0.370 e. The third-order valence-electron chi connectivity index (χ3n) is 3.37. The highest BCUT2D eigenvalue weighted by Gasteiger charge is 2.27. The van der Waals surface area contributed by atoms with E-state index in [4.69, 9.17) is 5.73 Å². The van der Waals surface area contributed by atoms with Crippen molar-refractivity contribution in [3.05, 3.63) is 29.8 Å². The molecule has 0 spiro atoms. The maximum absolute atomic E-state index is 5.77. The molecule has 1 atom stereocenters. The molecule has 0 fully saturated rings. The van der Waals surface area contributed by atoms with Crippen LogP contribution in [0.4, 0.5) is 5.69 Å². The first kappa shape index (κ1) is 12.7. The van der Waals surface area contributed by atoms with E-state index in [9.17, 15) is 0 Å². The number of hydrogen-bond donors (Lipinski definition) is 2. The number of nitrogens with two attached hydrogens (primary N) is 1. The van der Waals surface area contributed by atoms with Crippen molar-refractivity contribution >= 4 is 11.6 Å². The van der Waals surface area contributed by atoms with E-state index >= 15 is 0 Å². The number of nitrogens with one attached hydrogen (secondary N) is 1. The highest BCUT2D eigenvalue weighted by Crippen LogP contribution is 2.31. The summed E-state index contributed by atoms with van der Waals surface area (Å²) in [5.74, 6) is 0.546. The molecular formula is C14H22N4. The summed E-state index contributed by atoms with van der Waals surface area (Å²) in [4.78, 5) is 6.83. The Bertz CT molecular complexity index is 428. The standard InChI is InChI=1S/C14H22N4/c1-3-16-14(15)17-10-12-9-11-7-5-6-8-13(11)18(12)4-2/h5-8,12H,3-4,9-10H2,1-2H3,(H3,15,16,17). The zero-order chi connectivity index (χ0) is 13.0. The topological polar surface area (TPSA) is 53.6 Å². The molecule has 98 valence electrons. The van der Waals surface area contributed by atoms with Crippen molar-refractivity contribution in [2.75, 3.05) is 24.5 Å². The summed E-state index contributed by atoms with van der Waals surface area (Å²) >= 11 is 0. The maximum Gasteiger partial charge on any atom is 0.188 e. The average Bonchev–Trinajstić information content (AvgIpc) is 2.74. The van der Waals surface area contributed by atoms with Gasteiger partial charge in [0.15, 0.2) is 5.96 Å². The minimum atomic E-state index is 0.435. The summed E-state index contributed by atoms with van der Waals surface area (Å²) in [7, 11) is 0. The molecule has 0 radical (unpaired) electrons. The van der Waals surface area contributed by atoms with Crippen LogP contribution in [-0.4, -0.2) is 31.6 Å². The van der Waals surface area contributed by atoms with Gasteiger partial charge >= 0.3 is 0 Å². The number of para-hydroxylation sites is 1. The van der Waals surface area contributed by atoms with E-state index < -0.39 is 0 Å². The zero-order valence-electron chi connectivity index (χ0n) is 11.2. The zero-order valence-corrected chi connectivity index (χ0v) is 11.2. The fourth-order valence-electron chi connectivity index (χ4n) is 2.56. The van der Waals surface area contributed by atoms with Crippen molar-refractivity contribution < 1.29 is 0 Å². The molecule has 1 aliphatic heterocycles. The van der Waals surface area contributed by atoms with Crippen LogP contribution in [0.2, 0.25) is 0 Å². The first-order valence-corrected chi connectivity index (χ1v) is 6.64. The van der Waals surface area contributed by atoms with Gasteiger partial charge in [-0.25, -0.2) is 0 Å². The Balaban J connectivity index is 2.06. The Morgan fingerprint density at radius 2 is 2.22 bits per heavy atom. The van der Waals surface area contributed by atoms with Crippen LogP contribution in [0.1, 0.15) is 19.4 Å². The second-order valence-electron chi connectivity index (χ2n) is 4.53. The molecule has 0 aliphatic carbocycles. The number of rotatable bonds is 4. The van der Waals surface area contributed by atoms with Crippen LogP contribution in [0.25, 0.3) is 0 Å². The number of benzene rings is 1. The molecule has 0 amide bonds. The Hall–Kier alpha value is -1.71. The number of nitrogens with zero attached hydrogens (tertiary/aromatic N) is 2. The molecule has 1 unspecified atom stereocenters. The molecule has 1 aromatic carbocycles. The van der Waals surface area contributed by atoms with Crippen LogP contribution >= 0.6 is 0 Å². The summed E-state index contributed by atoms with van der Waals surface area (Å²) < 4.78 is 0. The molecule has 18 heavy (non-hydrogen) atoms. The van der Waals surface area contributed by atoms with Crippen molar-refractivity contribution in [1.82, 2.24) is 5.32 Å². The summed E-state index contributed by atoms with van der Waals surface area (Å²) in [5.41, 5.74) is 8.54. The van der Waals surface area contributed by atoms with E-state index in [0.717, 1.165) is 26.1 Å². The molecule has 0 saturated carbocycles. The fourth-order valence-corrected chi connectivity index (χ4v) is 2.56. The van der Waals surface area contributed by atoms with E-state index in [-0.39, 0.29) is 0 Å². The lowest BCUT2D eigenvalue weighted by Gasteiger charge is -2.24. The molecule has 4 nitrogen and oxygen atoms in total. The van der Waals surface area contributed by atoms with Gasteiger partial charge < -0.3 is 16.0 Å². The van der Waals surface area contributed by atoms with Gasteiger partial charge in [-0.3, -0.25) is 4.99 Å². The van der Waals surface area contributed by atoms with Crippen LogP contribution in [-0.2, 0) is 6.42 Å². The molecule has 4 heteroatoms. The van der Waals surface area contributed by atoms with Gasteiger partial charge in [0.05, 0.1) is 12.6 Å². The summed E-state index contributed by atoms with van der Waals surface area (Å²) in [6.07, 6.45) is 1.06. The SMILES string of the molecule is CCNC(N)=NCC1Cc2ccccc2N1CC. The first-order chi connectivity index (χ1) is 8.76. The van der Waals surface area contributed by atoms with Gasteiger partial charge in [-0.2, -0.15) is 0 Å². The Kier molecular flexibility index (Phi) is 4.07. The minimum Gasteiger partial charge on any atom is -0.370 e. The lowest BCUT2D eigenvalue weighted by molar-refractivity contribution is 0.642. The highest BCUT2D eigenvalue weighted by atomic mass is 15.2. The first-order valence-electron chi connectivity index (χ1n) is 6.64. The van der Waals surface area contributed by atoms with Gasteiger partial charge in [-0.15, -0.1) is 0 Å². The van der Waals surface area contributed by atoms with Crippen molar-refractivity contribution in [1.29, 1.82) is 0 Å². The molecule has 1 aliphatic rings. The molecule has 0 aromatic heterocycles. The normalized spacial score (nSPS) is 18.9.